The standard InChI is InChI=1S/C22H27N3O4S/c1-3-16-10-12-18(13-11-16)23-22(27)19-8-4-5-9-20(19)24-21(26)17-7-6-14-25(15-17)30(2,28)29/h4-5,8-13,17H,3,6-7,14-15H2,1-2H3,(H,23,27)(H,24,26). The van der Waals surface area contributed by atoms with Crippen molar-refractivity contribution in [2.75, 3.05) is 30.0 Å². The summed E-state index contributed by atoms with van der Waals surface area (Å²) in [6, 6.07) is 14.4. The molecule has 1 aliphatic rings. The van der Waals surface area contributed by atoms with E-state index in [1.54, 1.807) is 24.3 Å². The van der Waals surface area contributed by atoms with Crippen LogP contribution in [-0.2, 0) is 21.2 Å². The Bertz CT molecular complexity index is 1020. The molecule has 0 aromatic heterocycles. The third-order valence-electron chi connectivity index (χ3n) is 5.27. The van der Waals surface area contributed by atoms with E-state index in [0.717, 1.165) is 12.7 Å². The first-order valence-electron chi connectivity index (χ1n) is 10.0. The van der Waals surface area contributed by atoms with Crippen molar-refractivity contribution in [2.45, 2.75) is 26.2 Å². The van der Waals surface area contributed by atoms with E-state index in [4.69, 9.17) is 0 Å². The molecule has 1 fully saturated rings. The Hall–Kier alpha value is -2.71. The first kappa shape index (κ1) is 22.0. The molecule has 1 heterocycles. The van der Waals surface area contributed by atoms with E-state index >= 15 is 0 Å². The second kappa shape index (κ2) is 9.40. The molecule has 2 aromatic carbocycles. The molecule has 1 aliphatic heterocycles. The highest BCUT2D eigenvalue weighted by Gasteiger charge is 2.30. The zero-order chi connectivity index (χ0) is 21.7. The SMILES string of the molecule is CCc1ccc(NC(=O)c2ccccc2NC(=O)C2CCCN(S(C)(=O)=O)C2)cc1. The number of anilines is 2. The summed E-state index contributed by atoms with van der Waals surface area (Å²) in [5, 5.41) is 5.67. The summed E-state index contributed by atoms with van der Waals surface area (Å²) in [5.41, 5.74) is 2.61. The van der Waals surface area contributed by atoms with Gasteiger partial charge in [-0.25, -0.2) is 12.7 Å². The molecule has 0 radical (unpaired) electrons. The zero-order valence-electron chi connectivity index (χ0n) is 17.2. The average Bonchev–Trinajstić information content (AvgIpc) is 2.74. The van der Waals surface area contributed by atoms with E-state index in [0.29, 0.717) is 36.3 Å². The average molecular weight is 430 g/mol. The molecule has 1 saturated heterocycles. The van der Waals surface area contributed by atoms with Crippen LogP contribution in [0.4, 0.5) is 11.4 Å². The van der Waals surface area contributed by atoms with Gasteiger partial charge in [0.2, 0.25) is 15.9 Å². The van der Waals surface area contributed by atoms with Gasteiger partial charge in [-0.1, -0.05) is 31.2 Å². The highest BCUT2D eigenvalue weighted by molar-refractivity contribution is 7.88. The lowest BCUT2D eigenvalue weighted by Gasteiger charge is -2.30. The molecule has 0 spiro atoms. The van der Waals surface area contributed by atoms with Crippen LogP contribution in [0.1, 0.15) is 35.7 Å². The molecule has 1 atom stereocenters. The summed E-state index contributed by atoms with van der Waals surface area (Å²) in [6.07, 6.45) is 3.30. The summed E-state index contributed by atoms with van der Waals surface area (Å²) in [7, 11) is -3.34. The number of sulfonamides is 1. The van der Waals surface area contributed by atoms with Crippen molar-refractivity contribution in [1.82, 2.24) is 4.31 Å². The Morgan fingerprint density at radius 2 is 1.77 bits per heavy atom. The van der Waals surface area contributed by atoms with Crippen molar-refractivity contribution in [3.63, 3.8) is 0 Å². The van der Waals surface area contributed by atoms with Crippen molar-refractivity contribution >= 4 is 33.2 Å². The van der Waals surface area contributed by atoms with Crippen LogP contribution in [0.15, 0.2) is 48.5 Å². The van der Waals surface area contributed by atoms with Crippen LogP contribution in [0.2, 0.25) is 0 Å². The lowest BCUT2D eigenvalue weighted by atomic mass is 9.98. The maximum atomic E-state index is 12.8. The Morgan fingerprint density at radius 3 is 2.43 bits per heavy atom. The van der Waals surface area contributed by atoms with Gasteiger partial charge < -0.3 is 10.6 Å². The third kappa shape index (κ3) is 5.46. The number of nitrogens with zero attached hydrogens (tertiary/aromatic N) is 1. The topological polar surface area (TPSA) is 95.6 Å². The van der Waals surface area contributed by atoms with Crippen LogP contribution in [0.25, 0.3) is 0 Å². The van der Waals surface area contributed by atoms with Crippen molar-refractivity contribution in [3.8, 4) is 0 Å². The molecule has 2 amide bonds. The maximum Gasteiger partial charge on any atom is 0.257 e. The molecular formula is C22H27N3O4S. The number of nitrogens with one attached hydrogen (secondary N) is 2. The molecule has 3 rings (SSSR count). The van der Waals surface area contributed by atoms with Gasteiger partial charge in [0.15, 0.2) is 0 Å². The van der Waals surface area contributed by atoms with Crippen LogP contribution in [-0.4, -0.2) is 43.9 Å². The van der Waals surface area contributed by atoms with Crippen LogP contribution in [0.5, 0.6) is 0 Å². The number of piperidine rings is 1. The monoisotopic (exact) mass is 429 g/mol. The summed E-state index contributed by atoms with van der Waals surface area (Å²) in [4.78, 5) is 25.6. The van der Waals surface area contributed by atoms with Gasteiger partial charge >= 0.3 is 0 Å². The number of hydrogen-bond acceptors (Lipinski definition) is 4. The zero-order valence-corrected chi connectivity index (χ0v) is 18.0. The predicted molar refractivity (Wildman–Crippen MR) is 118 cm³/mol. The molecule has 2 aromatic rings. The van der Waals surface area contributed by atoms with E-state index < -0.39 is 15.9 Å². The highest BCUT2D eigenvalue weighted by Crippen LogP contribution is 2.23. The summed E-state index contributed by atoms with van der Waals surface area (Å²) < 4.78 is 25.0. The number of carbonyl (C=O) groups excluding carboxylic acids is 2. The molecule has 0 saturated carbocycles. The third-order valence-corrected chi connectivity index (χ3v) is 6.54. The summed E-state index contributed by atoms with van der Waals surface area (Å²) in [5.74, 6) is -1.06. The smallest absolute Gasteiger partial charge is 0.257 e. The van der Waals surface area contributed by atoms with Gasteiger partial charge in [0.25, 0.3) is 5.91 Å². The fraction of sp³-hybridized carbons (Fsp3) is 0.364. The van der Waals surface area contributed by atoms with E-state index in [1.807, 2.05) is 24.3 Å². The summed E-state index contributed by atoms with van der Waals surface area (Å²) in [6.45, 7) is 2.65. The second-order valence-electron chi connectivity index (χ2n) is 7.50. The van der Waals surface area contributed by atoms with Gasteiger partial charge in [-0.2, -0.15) is 0 Å². The minimum absolute atomic E-state index is 0.156. The lowest BCUT2D eigenvalue weighted by molar-refractivity contribution is -0.120. The quantitative estimate of drug-likeness (QED) is 0.738. The maximum absolute atomic E-state index is 12.8. The lowest BCUT2D eigenvalue weighted by Crippen LogP contribution is -2.43. The van der Waals surface area contributed by atoms with E-state index in [9.17, 15) is 18.0 Å². The molecule has 2 N–H and O–H groups in total. The Morgan fingerprint density at radius 1 is 1.07 bits per heavy atom. The fourth-order valence-electron chi connectivity index (χ4n) is 3.50. The molecule has 160 valence electrons. The molecule has 30 heavy (non-hydrogen) atoms. The molecule has 0 bridgehead atoms. The number of benzene rings is 2. The van der Waals surface area contributed by atoms with E-state index in [1.165, 1.54) is 9.87 Å². The number of carbonyl (C=O) groups is 2. The van der Waals surface area contributed by atoms with Crippen molar-refractivity contribution in [3.05, 3.63) is 59.7 Å². The molecule has 0 aliphatic carbocycles. The van der Waals surface area contributed by atoms with E-state index in [2.05, 4.69) is 17.6 Å². The van der Waals surface area contributed by atoms with Gasteiger partial charge in [0.1, 0.15) is 0 Å². The highest BCUT2D eigenvalue weighted by atomic mass is 32.2. The fourth-order valence-corrected chi connectivity index (χ4v) is 4.42. The van der Waals surface area contributed by atoms with Crippen molar-refractivity contribution in [1.29, 1.82) is 0 Å². The van der Waals surface area contributed by atoms with Gasteiger partial charge in [0.05, 0.1) is 23.4 Å². The molecule has 7 nitrogen and oxygen atoms in total. The van der Waals surface area contributed by atoms with Gasteiger partial charge in [0, 0.05) is 18.8 Å². The first-order chi connectivity index (χ1) is 14.3. The molecule has 8 heteroatoms. The minimum atomic E-state index is -3.34. The Labute approximate surface area is 177 Å². The van der Waals surface area contributed by atoms with Crippen molar-refractivity contribution < 1.29 is 18.0 Å². The van der Waals surface area contributed by atoms with Gasteiger partial charge in [-0.15, -0.1) is 0 Å². The van der Waals surface area contributed by atoms with Crippen molar-refractivity contribution in [2.24, 2.45) is 5.92 Å². The van der Waals surface area contributed by atoms with Crippen LogP contribution >= 0.6 is 0 Å². The van der Waals surface area contributed by atoms with Crippen LogP contribution in [0.3, 0.4) is 0 Å². The van der Waals surface area contributed by atoms with E-state index in [-0.39, 0.29) is 18.4 Å². The minimum Gasteiger partial charge on any atom is -0.325 e. The number of rotatable bonds is 6. The van der Waals surface area contributed by atoms with Crippen LogP contribution in [0, 0.1) is 5.92 Å². The summed E-state index contributed by atoms with van der Waals surface area (Å²) >= 11 is 0. The van der Waals surface area contributed by atoms with Gasteiger partial charge in [-0.3, -0.25) is 9.59 Å². The molecular weight excluding hydrogens is 402 g/mol. The largest absolute Gasteiger partial charge is 0.325 e. The number of para-hydroxylation sites is 1. The van der Waals surface area contributed by atoms with Gasteiger partial charge in [-0.05, 0) is 49.1 Å². The number of aryl methyl sites for hydroxylation is 1. The number of amides is 2. The molecule has 1 unspecified atom stereocenters. The normalized spacial score (nSPS) is 17.3. The Balaban J connectivity index is 1.71. The van der Waals surface area contributed by atoms with Crippen LogP contribution < -0.4 is 10.6 Å². The first-order valence-corrected chi connectivity index (χ1v) is 11.9. The predicted octanol–water partition coefficient (Wildman–Crippen LogP) is 3.11. The number of hydrogen-bond donors (Lipinski definition) is 2. The Kier molecular flexibility index (Phi) is 6.89. The second-order valence-corrected chi connectivity index (χ2v) is 9.48.